The Hall–Kier alpha value is -1.67. The zero-order valence-electron chi connectivity index (χ0n) is 11.9. The molecule has 3 rings (SSSR count). The van der Waals surface area contributed by atoms with Gasteiger partial charge in [-0.25, -0.2) is 4.98 Å². The molecule has 3 aromatic rings. The molecule has 0 aliphatic rings. The molecule has 1 aromatic heterocycles. The molecule has 0 unspecified atom stereocenters. The molecule has 9 heteroatoms. The first kappa shape index (κ1) is 18.7. The molecular weight excluding hydrogens is 437 g/mol. The van der Waals surface area contributed by atoms with Crippen molar-refractivity contribution < 1.29 is 4.92 Å². The number of para-hydroxylation sites is 1. The third-order valence-electron chi connectivity index (χ3n) is 3.07. The van der Waals surface area contributed by atoms with E-state index in [1.165, 1.54) is 23.5 Å². The molecule has 24 heavy (non-hydrogen) atoms. The van der Waals surface area contributed by atoms with Crippen molar-refractivity contribution in [3.63, 3.8) is 0 Å². The molecule has 0 saturated heterocycles. The molecule has 0 aliphatic carbocycles. The fourth-order valence-corrected chi connectivity index (χ4v) is 3.16. The largest absolute Gasteiger partial charge is 0.329 e. The molecule has 0 bridgehead atoms. The van der Waals surface area contributed by atoms with E-state index >= 15 is 0 Å². The minimum Gasteiger partial charge on any atom is -0.329 e. The molecule has 5 nitrogen and oxygen atoms in total. The van der Waals surface area contributed by atoms with Crippen molar-refractivity contribution in [2.75, 3.05) is 5.32 Å². The number of hydrogen-bond donors (Lipinski definition) is 1. The highest BCUT2D eigenvalue weighted by Crippen LogP contribution is 2.34. The van der Waals surface area contributed by atoms with E-state index in [0.717, 1.165) is 11.3 Å². The van der Waals surface area contributed by atoms with E-state index in [2.05, 4.69) is 10.3 Å². The van der Waals surface area contributed by atoms with Crippen LogP contribution in [-0.2, 0) is 0 Å². The number of nitrogens with zero attached hydrogens (tertiary/aromatic N) is 2. The van der Waals surface area contributed by atoms with Gasteiger partial charge < -0.3 is 5.32 Å². The van der Waals surface area contributed by atoms with Gasteiger partial charge in [-0.1, -0.05) is 29.3 Å². The van der Waals surface area contributed by atoms with E-state index in [1.54, 1.807) is 30.3 Å². The minimum atomic E-state index is -0.433. The molecule has 0 atom stereocenters. The number of non-ortho nitro benzene ring substituents is 1. The van der Waals surface area contributed by atoms with Crippen LogP contribution in [0.2, 0.25) is 10.0 Å². The van der Waals surface area contributed by atoms with Crippen LogP contribution in [0.15, 0.2) is 47.8 Å². The van der Waals surface area contributed by atoms with Crippen LogP contribution in [0.25, 0.3) is 11.3 Å². The Morgan fingerprint density at radius 3 is 2.29 bits per heavy atom. The summed E-state index contributed by atoms with van der Waals surface area (Å²) in [6, 6.07) is 11.5. The smallest absolute Gasteiger partial charge is 0.269 e. The average molecular weight is 447 g/mol. The highest BCUT2D eigenvalue weighted by Gasteiger charge is 2.11. The summed E-state index contributed by atoms with van der Waals surface area (Å²) in [5.74, 6) is 0. The van der Waals surface area contributed by atoms with Gasteiger partial charge in [0.2, 0.25) is 0 Å². The van der Waals surface area contributed by atoms with Crippen LogP contribution in [0.5, 0.6) is 0 Å². The lowest BCUT2D eigenvalue weighted by Gasteiger charge is -2.06. The van der Waals surface area contributed by atoms with Gasteiger partial charge in [0.05, 0.1) is 26.3 Å². The number of thiazole rings is 1. The zero-order chi connectivity index (χ0) is 16.4. The van der Waals surface area contributed by atoms with Gasteiger partial charge in [0.1, 0.15) is 0 Å². The van der Waals surface area contributed by atoms with E-state index < -0.39 is 4.92 Å². The summed E-state index contributed by atoms with van der Waals surface area (Å²) in [4.78, 5) is 14.7. The number of halogens is 3. The predicted octanol–water partition coefficient (Wildman–Crippen LogP) is 6.35. The van der Waals surface area contributed by atoms with E-state index in [4.69, 9.17) is 23.2 Å². The Morgan fingerprint density at radius 1 is 1.08 bits per heavy atom. The summed E-state index contributed by atoms with van der Waals surface area (Å²) in [6.45, 7) is 0. The number of rotatable bonds is 4. The minimum absolute atomic E-state index is 0. The number of benzene rings is 2. The van der Waals surface area contributed by atoms with Crippen LogP contribution in [0.4, 0.5) is 16.5 Å². The third kappa shape index (κ3) is 4.05. The third-order valence-corrected chi connectivity index (χ3v) is 4.46. The Morgan fingerprint density at radius 2 is 1.71 bits per heavy atom. The SMILES string of the molecule is Br.O=[N+]([O-])c1ccc(-c2csc(Nc3c(Cl)cccc3Cl)n2)cc1. The van der Waals surface area contributed by atoms with E-state index in [0.29, 0.717) is 20.9 Å². The summed E-state index contributed by atoms with van der Waals surface area (Å²) >= 11 is 13.6. The molecule has 0 aliphatic heterocycles. The number of hydrogen-bond acceptors (Lipinski definition) is 5. The molecule has 0 radical (unpaired) electrons. The predicted molar refractivity (Wildman–Crippen MR) is 104 cm³/mol. The number of aromatic nitrogens is 1. The number of nitrogens with one attached hydrogen (secondary N) is 1. The molecule has 0 amide bonds. The second kappa shape index (κ2) is 7.94. The van der Waals surface area contributed by atoms with Gasteiger partial charge in [-0.2, -0.15) is 0 Å². The molecule has 0 fully saturated rings. The van der Waals surface area contributed by atoms with Crippen LogP contribution in [-0.4, -0.2) is 9.91 Å². The maximum Gasteiger partial charge on any atom is 0.269 e. The molecule has 1 N–H and O–H groups in total. The second-order valence-corrected chi connectivity index (χ2v) is 6.24. The highest BCUT2D eigenvalue weighted by atomic mass is 79.9. The lowest BCUT2D eigenvalue weighted by Crippen LogP contribution is -1.92. The van der Waals surface area contributed by atoms with Gasteiger partial charge in [-0.15, -0.1) is 28.3 Å². The average Bonchev–Trinajstić information content (AvgIpc) is 3.00. The van der Waals surface area contributed by atoms with Crippen molar-refractivity contribution in [2.24, 2.45) is 0 Å². The molecule has 1 heterocycles. The second-order valence-electron chi connectivity index (χ2n) is 4.56. The van der Waals surface area contributed by atoms with Crippen LogP contribution >= 0.6 is 51.5 Å². The summed E-state index contributed by atoms with van der Waals surface area (Å²) in [5.41, 5.74) is 2.16. The lowest BCUT2D eigenvalue weighted by molar-refractivity contribution is -0.384. The maximum absolute atomic E-state index is 10.7. The zero-order valence-corrected chi connectivity index (χ0v) is 15.9. The lowest BCUT2D eigenvalue weighted by atomic mass is 10.1. The monoisotopic (exact) mass is 445 g/mol. The van der Waals surface area contributed by atoms with Crippen LogP contribution in [0, 0.1) is 10.1 Å². The van der Waals surface area contributed by atoms with Crippen LogP contribution in [0.1, 0.15) is 0 Å². The summed E-state index contributed by atoms with van der Waals surface area (Å²) in [5, 5.41) is 17.3. The van der Waals surface area contributed by atoms with Gasteiger partial charge >= 0.3 is 0 Å². The van der Waals surface area contributed by atoms with Crippen molar-refractivity contribution in [1.82, 2.24) is 4.98 Å². The molecule has 2 aromatic carbocycles. The Kier molecular flexibility index (Phi) is 6.17. The van der Waals surface area contributed by atoms with Gasteiger partial charge in [0.15, 0.2) is 5.13 Å². The summed E-state index contributed by atoms with van der Waals surface area (Å²) in [6.07, 6.45) is 0. The number of nitro benzene ring substituents is 1. The number of anilines is 2. The standard InChI is InChI=1S/C15H9Cl2N3O2S.BrH/c16-11-2-1-3-12(17)14(11)19-15-18-13(8-23-15)9-4-6-10(7-5-9)20(21)22;/h1-8H,(H,18,19);1H. The Labute approximate surface area is 162 Å². The highest BCUT2D eigenvalue weighted by molar-refractivity contribution is 8.93. The van der Waals surface area contributed by atoms with Crippen LogP contribution < -0.4 is 5.32 Å². The Bertz CT molecular complexity index is 851. The fourth-order valence-electron chi connectivity index (χ4n) is 1.94. The summed E-state index contributed by atoms with van der Waals surface area (Å²) < 4.78 is 0. The van der Waals surface area contributed by atoms with E-state index in [-0.39, 0.29) is 22.7 Å². The van der Waals surface area contributed by atoms with Crippen molar-refractivity contribution in [3.05, 3.63) is 68.0 Å². The van der Waals surface area contributed by atoms with Gasteiger partial charge in [0.25, 0.3) is 5.69 Å². The molecule has 0 spiro atoms. The van der Waals surface area contributed by atoms with Gasteiger partial charge in [-0.3, -0.25) is 10.1 Å². The van der Waals surface area contributed by atoms with E-state index in [9.17, 15) is 10.1 Å². The normalized spacial score (nSPS) is 10.1. The molecule has 0 saturated carbocycles. The van der Waals surface area contributed by atoms with Crippen molar-refractivity contribution in [1.29, 1.82) is 0 Å². The first-order chi connectivity index (χ1) is 11.0. The van der Waals surface area contributed by atoms with Gasteiger partial charge in [-0.05, 0) is 24.3 Å². The quantitative estimate of drug-likeness (QED) is 0.374. The first-order valence-electron chi connectivity index (χ1n) is 6.46. The maximum atomic E-state index is 10.7. The number of nitro groups is 1. The fraction of sp³-hybridized carbons (Fsp3) is 0. The first-order valence-corrected chi connectivity index (χ1v) is 8.09. The summed E-state index contributed by atoms with van der Waals surface area (Å²) in [7, 11) is 0. The van der Waals surface area contributed by atoms with E-state index in [1.807, 2.05) is 5.38 Å². The topological polar surface area (TPSA) is 68.1 Å². The molecule has 124 valence electrons. The Balaban J connectivity index is 0.00000208. The van der Waals surface area contributed by atoms with Crippen molar-refractivity contribution in [3.8, 4) is 11.3 Å². The van der Waals surface area contributed by atoms with Crippen molar-refractivity contribution >= 4 is 68.0 Å². The molecular formula is C15H10BrCl2N3O2S. The van der Waals surface area contributed by atoms with Crippen molar-refractivity contribution in [2.45, 2.75) is 0 Å². The van der Waals surface area contributed by atoms with Crippen LogP contribution in [0.3, 0.4) is 0 Å². The van der Waals surface area contributed by atoms with Gasteiger partial charge in [0, 0.05) is 23.1 Å².